The summed E-state index contributed by atoms with van der Waals surface area (Å²) in [6.45, 7) is 0.597. The number of hydrogen-bond acceptors (Lipinski definition) is 6. The Morgan fingerprint density at radius 1 is 0.974 bits per heavy atom. The minimum atomic E-state index is -0.470. The first-order chi connectivity index (χ1) is 18.6. The Balaban J connectivity index is 1.19. The lowest BCUT2D eigenvalue weighted by atomic mass is 10.1. The van der Waals surface area contributed by atoms with Gasteiger partial charge in [-0.15, -0.1) is 0 Å². The first-order valence-corrected chi connectivity index (χ1v) is 12.7. The lowest BCUT2D eigenvalue weighted by Gasteiger charge is -2.12. The quantitative estimate of drug-likeness (QED) is 0.336. The van der Waals surface area contributed by atoms with Crippen molar-refractivity contribution in [2.24, 2.45) is 0 Å². The first kappa shape index (κ1) is 25.4. The molecule has 0 unspecified atom stereocenters. The Kier molecular flexibility index (Phi) is 7.89. The van der Waals surface area contributed by atoms with E-state index in [1.807, 2.05) is 30.3 Å². The number of carbonyl (C=O) groups excluding carboxylic acids is 2. The SMILES string of the molecule is O=C(NCCO)C(=Cc1ccc(C2CC2)cc1)NC(=O)c1ccc(OCCc2ccc3c(c2)OCO3)cc1. The third kappa shape index (κ3) is 6.52. The fourth-order valence-corrected chi connectivity index (χ4v) is 4.15. The predicted octanol–water partition coefficient (Wildman–Crippen LogP) is 3.79. The molecule has 3 aromatic rings. The summed E-state index contributed by atoms with van der Waals surface area (Å²) in [5.41, 5.74) is 3.65. The van der Waals surface area contributed by atoms with E-state index in [4.69, 9.17) is 19.3 Å². The molecule has 1 aliphatic carbocycles. The van der Waals surface area contributed by atoms with Gasteiger partial charge < -0.3 is 30.0 Å². The summed E-state index contributed by atoms with van der Waals surface area (Å²) < 4.78 is 16.6. The molecule has 2 amide bonds. The van der Waals surface area contributed by atoms with Gasteiger partial charge in [-0.2, -0.15) is 0 Å². The molecule has 0 bridgehead atoms. The molecule has 3 aromatic carbocycles. The lowest BCUT2D eigenvalue weighted by Crippen LogP contribution is -2.36. The van der Waals surface area contributed by atoms with Crippen LogP contribution in [0.1, 0.15) is 45.8 Å². The van der Waals surface area contributed by atoms with E-state index in [2.05, 4.69) is 22.8 Å². The topological polar surface area (TPSA) is 106 Å². The van der Waals surface area contributed by atoms with Crippen molar-refractivity contribution in [2.45, 2.75) is 25.2 Å². The normalized spacial score (nSPS) is 14.2. The van der Waals surface area contributed by atoms with Gasteiger partial charge in [-0.1, -0.05) is 30.3 Å². The molecule has 3 N–H and O–H groups in total. The number of fused-ring (bicyclic) bond motifs is 1. The fraction of sp³-hybridized carbons (Fsp3) is 0.267. The van der Waals surface area contributed by atoms with E-state index in [-0.39, 0.29) is 25.6 Å². The van der Waals surface area contributed by atoms with Crippen LogP contribution >= 0.6 is 0 Å². The van der Waals surface area contributed by atoms with Crippen molar-refractivity contribution < 1.29 is 28.9 Å². The highest BCUT2D eigenvalue weighted by Gasteiger charge is 2.23. The molecular formula is C30H30N2O6. The van der Waals surface area contributed by atoms with Crippen molar-refractivity contribution in [1.82, 2.24) is 10.6 Å². The highest BCUT2D eigenvalue weighted by molar-refractivity contribution is 6.05. The van der Waals surface area contributed by atoms with Crippen LogP contribution in [0.15, 0.2) is 72.4 Å². The average Bonchev–Trinajstić information content (AvgIpc) is 3.69. The summed E-state index contributed by atoms with van der Waals surface area (Å²) in [6.07, 6.45) is 4.75. The second-order valence-corrected chi connectivity index (χ2v) is 9.24. The van der Waals surface area contributed by atoms with Gasteiger partial charge in [0.1, 0.15) is 11.4 Å². The second-order valence-electron chi connectivity index (χ2n) is 9.24. The first-order valence-electron chi connectivity index (χ1n) is 12.7. The van der Waals surface area contributed by atoms with Crippen LogP contribution in [0.3, 0.4) is 0 Å². The van der Waals surface area contributed by atoms with Crippen LogP contribution in [-0.4, -0.2) is 43.5 Å². The van der Waals surface area contributed by atoms with Crippen LogP contribution < -0.4 is 24.8 Å². The van der Waals surface area contributed by atoms with E-state index in [1.165, 1.54) is 18.4 Å². The number of ether oxygens (including phenoxy) is 3. The molecule has 0 spiro atoms. The summed E-state index contributed by atoms with van der Waals surface area (Å²) in [4.78, 5) is 25.6. The summed E-state index contributed by atoms with van der Waals surface area (Å²) >= 11 is 0. The van der Waals surface area contributed by atoms with E-state index in [1.54, 1.807) is 30.3 Å². The average molecular weight is 515 g/mol. The largest absolute Gasteiger partial charge is 0.493 e. The zero-order valence-electron chi connectivity index (χ0n) is 20.9. The van der Waals surface area contributed by atoms with Crippen LogP contribution in [0.4, 0.5) is 0 Å². The molecule has 2 aliphatic rings. The Morgan fingerprint density at radius 3 is 2.47 bits per heavy atom. The van der Waals surface area contributed by atoms with Crippen molar-refractivity contribution in [1.29, 1.82) is 0 Å². The van der Waals surface area contributed by atoms with Gasteiger partial charge >= 0.3 is 0 Å². The Morgan fingerprint density at radius 2 is 1.74 bits per heavy atom. The Bertz CT molecular complexity index is 1310. The van der Waals surface area contributed by atoms with Crippen LogP contribution in [0.5, 0.6) is 17.2 Å². The van der Waals surface area contributed by atoms with Crippen LogP contribution in [0.25, 0.3) is 6.08 Å². The summed E-state index contributed by atoms with van der Waals surface area (Å²) in [7, 11) is 0. The van der Waals surface area contributed by atoms with Crippen molar-refractivity contribution in [2.75, 3.05) is 26.6 Å². The molecule has 1 saturated carbocycles. The van der Waals surface area contributed by atoms with Gasteiger partial charge in [0, 0.05) is 18.5 Å². The third-order valence-corrected chi connectivity index (χ3v) is 6.40. The zero-order chi connectivity index (χ0) is 26.3. The molecule has 38 heavy (non-hydrogen) atoms. The Hall–Kier alpha value is -4.30. The molecule has 1 heterocycles. The second kappa shape index (κ2) is 11.8. The smallest absolute Gasteiger partial charge is 0.267 e. The maximum absolute atomic E-state index is 12.9. The van der Waals surface area contributed by atoms with Crippen LogP contribution in [0, 0.1) is 0 Å². The fourth-order valence-electron chi connectivity index (χ4n) is 4.15. The minimum absolute atomic E-state index is 0.0883. The summed E-state index contributed by atoms with van der Waals surface area (Å²) in [6, 6.07) is 20.6. The monoisotopic (exact) mass is 514 g/mol. The zero-order valence-corrected chi connectivity index (χ0v) is 20.9. The molecule has 0 atom stereocenters. The molecule has 8 nitrogen and oxygen atoms in total. The van der Waals surface area contributed by atoms with E-state index in [9.17, 15) is 9.59 Å². The maximum Gasteiger partial charge on any atom is 0.267 e. The number of carbonyl (C=O) groups is 2. The van der Waals surface area contributed by atoms with Crippen molar-refractivity contribution in [3.05, 3.63) is 94.7 Å². The number of aliphatic hydroxyl groups excluding tert-OH is 1. The van der Waals surface area contributed by atoms with Gasteiger partial charge in [0.05, 0.1) is 13.2 Å². The summed E-state index contributed by atoms with van der Waals surface area (Å²) in [5, 5.41) is 14.4. The van der Waals surface area contributed by atoms with Gasteiger partial charge in [0.2, 0.25) is 6.79 Å². The number of benzene rings is 3. The molecular weight excluding hydrogens is 484 g/mol. The highest BCUT2D eigenvalue weighted by Crippen LogP contribution is 2.40. The van der Waals surface area contributed by atoms with Crippen molar-refractivity contribution in [3.8, 4) is 17.2 Å². The van der Waals surface area contributed by atoms with E-state index in [0.717, 1.165) is 22.6 Å². The number of nitrogens with one attached hydrogen (secondary N) is 2. The van der Waals surface area contributed by atoms with Crippen molar-refractivity contribution in [3.63, 3.8) is 0 Å². The molecule has 8 heteroatoms. The van der Waals surface area contributed by atoms with E-state index >= 15 is 0 Å². The molecule has 196 valence electrons. The standard InChI is InChI=1S/C30H30N2O6/c33-15-14-31-30(35)26(17-20-1-4-22(5-2-20)23-6-7-23)32-29(34)24-8-10-25(11-9-24)36-16-13-21-3-12-27-28(18-21)38-19-37-27/h1-5,8-12,17-18,23,33H,6-7,13-16,19H2,(H,31,35)(H,32,34). The molecule has 1 aliphatic heterocycles. The highest BCUT2D eigenvalue weighted by atomic mass is 16.7. The molecule has 0 aromatic heterocycles. The molecule has 5 rings (SSSR count). The molecule has 1 fully saturated rings. The van der Waals surface area contributed by atoms with Gasteiger partial charge in [-0.05, 0) is 77.9 Å². The van der Waals surface area contributed by atoms with Gasteiger partial charge in [0.15, 0.2) is 11.5 Å². The van der Waals surface area contributed by atoms with Crippen LogP contribution in [-0.2, 0) is 11.2 Å². The number of rotatable bonds is 11. The number of aliphatic hydroxyl groups is 1. The minimum Gasteiger partial charge on any atom is -0.493 e. The molecule has 0 radical (unpaired) electrons. The Labute approximate surface area is 221 Å². The van der Waals surface area contributed by atoms with Crippen molar-refractivity contribution >= 4 is 17.9 Å². The number of hydrogen-bond donors (Lipinski definition) is 3. The third-order valence-electron chi connectivity index (χ3n) is 6.40. The maximum atomic E-state index is 12.9. The molecule has 0 saturated heterocycles. The van der Waals surface area contributed by atoms with E-state index in [0.29, 0.717) is 30.3 Å². The summed E-state index contributed by atoms with van der Waals surface area (Å²) in [5.74, 6) is 1.87. The van der Waals surface area contributed by atoms with E-state index < -0.39 is 11.8 Å². The lowest BCUT2D eigenvalue weighted by molar-refractivity contribution is -0.117. The van der Waals surface area contributed by atoms with Crippen LogP contribution in [0.2, 0.25) is 0 Å². The van der Waals surface area contributed by atoms with Gasteiger partial charge in [-0.3, -0.25) is 9.59 Å². The van der Waals surface area contributed by atoms with Gasteiger partial charge in [-0.25, -0.2) is 0 Å². The predicted molar refractivity (Wildman–Crippen MR) is 142 cm³/mol. The number of amides is 2. The van der Waals surface area contributed by atoms with Gasteiger partial charge in [0.25, 0.3) is 11.8 Å².